The summed E-state index contributed by atoms with van der Waals surface area (Å²) in [5.41, 5.74) is 0. The van der Waals surface area contributed by atoms with Gasteiger partial charge in [0.05, 0.1) is 11.1 Å². The molecule has 1 aliphatic carbocycles. The molecule has 1 amide bonds. The van der Waals surface area contributed by atoms with Gasteiger partial charge >= 0.3 is 0 Å². The van der Waals surface area contributed by atoms with Crippen molar-refractivity contribution in [1.82, 2.24) is 9.88 Å². The molecular formula is C14H22N2O2S. The summed E-state index contributed by atoms with van der Waals surface area (Å²) in [7, 11) is 1.84. The summed E-state index contributed by atoms with van der Waals surface area (Å²) < 4.78 is 0. The van der Waals surface area contributed by atoms with Gasteiger partial charge in [0.25, 0.3) is 0 Å². The maximum Gasteiger partial charge on any atom is 0.222 e. The summed E-state index contributed by atoms with van der Waals surface area (Å²) in [4.78, 5) is 18.1. The lowest BCUT2D eigenvalue weighted by Gasteiger charge is -2.28. The second kappa shape index (κ2) is 7.01. The van der Waals surface area contributed by atoms with Crippen LogP contribution in [0.4, 0.5) is 0 Å². The van der Waals surface area contributed by atoms with Gasteiger partial charge in [0.2, 0.25) is 5.91 Å². The fourth-order valence-electron chi connectivity index (χ4n) is 2.57. The first-order chi connectivity index (χ1) is 9.16. The molecule has 1 aromatic heterocycles. The van der Waals surface area contributed by atoms with Crippen LogP contribution in [0, 0.1) is 5.92 Å². The third-order valence-electron chi connectivity index (χ3n) is 3.88. The van der Waals surface area contributed by atoms with Crippen LogP contribution in [0.25, 0.3) is 0 Å². The molecule has 1 N–H and O–H groups in total. The molecule has 0 aliphatic heterocycles. The summed E-state index contributed by atoms with van der Waals surface area (Å²) in [6.45, 7) is 0.704. The van der Waals surface area contributed by atoms with Gasteiger partial charge in [-0.3, -0.25) is 4.79 Å². The minimum absolute atomic E-state index is 0.141. The van der Waals surface area contributed by atoms with Crippen LogP contribution in [0.3, 0.4) is 0 Å². The van der Waals surface area contributed by atoms with Crippen molar-refractivity contribution in [2.45, 2.75) is 44.6 Å². The van der Waals surface area contributed by atoms with Gasteiger partial charge in [0.15, 0.2) is 0 Å². The highest BCUT2D eigenvalue weighted by Crippen LogP contribution is 2.27. The van der Waals surface area contributed by atoms with E-state index in [0.29, 0.717) is 13.0 Å². The van der Waals surface area contributed by atoms with Gasteiger partial charge in [-0.2, -0.15) is 0 Å². The maximum atomic E-state index is 12.1. The molecule has 0 unspecified atom stereocenters. The van der Waals surface area contributed by atoms with Crippen molar-refractivity contribution in [2.24, 2.45) is 5.92 Å². The zero-order chi connectivity index (χ0) is 13.7. The van der Waals surface area contributed by atoms with E-state index in [1.54, 1.807) is 22.4 Å². The molecule has 0 saturated heterocycles. The quantitative estimate of drug-likeness (QED) is 0.899. The van der Waals surface area contributed by atoms with E-state index < -0.39 is 0 Å². The summed E-state index contributed by atoms with van der Waals surface area (Å²) in [6.07, 6.45) is 6.85. The molecular weight excluding hydrogens is 260 g/mol. The third kappa shape index (κ3) is 4.28. The van der Waals surface area contributed by atoms with E-state index in [0.717, 1.165) is 37.1 Å². The first kappa shape index (κ1) is 14.5. The van der Waals surface area contributed by atoms with Crippen molar-refractivity contribution >= 4 is 17.2 Å². The fraction of sp³-hybridized carbons (Fsp3) is 0.714. The van der Waals surface area contributed by atoms with Crippen LogP contribution in [0.15, 0.2) is 11.6 Å². The number of carbonyl (C=O) groups excluding carboxylic acids is 1. The minimum Gasteiger partial charge on any atom is -0.393 e. The van der Waals surface area contributed by atoms with E-state index in [-0.39, 0.29) is 17.9 Å². The molecule has 1 aliphatic rings. The Morgan fingerprint density at radius 2 is 2.32 bits per heavy atom. The number of likely N-dealkylation sites (N-methyl/N-ethyl adjacent to an activating group) is 1. The van der Waals surface area contributed by atoms with Crippen LogP contribution in [-0.2, 0) is 11.2 Å². The van der Waals surface area contributed by atoms with E-state index in [9.17, 15) is 9.90 Å². The Hall–Kier alpha value is -0.940. The van der Waals surface area contributed by atoms with Gasteiger partial charge < -0.3 is 10.0 Å². The Morgan fingerprint density at radius 3 is 3.00 bits per heavy atom. The summed E-state index contributed by atoms with van der Waals surface area (Å²) in [5.74, 6) is 0.297. The van der Waals surface area contributed by atoms with Crippen molar-refractivity contribution in [2.75, 3.05) is 13.6 Å². The number of aliphatic hydroxyl groups is 1. The number of aromatic nitrogens is 1. The zero-order valence-electron chi connectivity index (χ0n) is 11.4. The van der Waals surface area contributed by atoms with Gasteiger partial charge in [-0.15, -0.1) is 11.3 Å². The smallest absolute Gasteiger partial charge is 0.222 e. The van der Waals surface area contributed by atoms with Crippen molar-refractivity contribution in [3.05, 3.63) is 16.6 Å². The van der Waals surface area contributed by atoms with E-state index in [4.69, 9.17) is 0 Å². The minimum atomic E-state index is -0.287. The molecule has 0 bridgehead atoms. The van der Waals surface area contributed by atoms with Crippen LogP contribution in [-0.4, -0.2) is 40.6 Å². The van der Waals surface area contributed by atoms with E-state index in [1.807, 2.05) is 12.4 Å². The molecule has 1 fully saturated rings. The monoisotopic (exact) mass is 282 g/mol. The SMILES string of the molecule is CN(CCc1nccs1)C(=O)C[C@@H]1CCCC[C@H]1O. The Kier molecular flexibility index (Phi) is 5.34. The molecule has 5 heteroatoms. The molecule has 1 aromatic rings. The highest BCUT2D eigenvalue weighted by atomic mass is 32.1. The number of thiazole rings is 1. The Bertz CT molecular complexity index is 394. The molecule has 4 nitrogen and oxygen atoms in total. The number of nitrogens with zero attached hydrogens (tertiary/aromatic N) is 2. The highest BCUT2D eigenvalue weighted by molar-refractivity contribution is 7.09. The van der Waals surface area contributed by atoms with Crippen molar-refractivity contribution in [3.8, 4) is 0 Å². The second-order valence-electron chi connectivity index (χ2n) is 5.31. The van der Waals surface area contributed by atoms with Gasteiger partial charge in [0.1, 0.15) is 0 Å². The number of rotatable bonds is 5. The number of hydrogen-bond acceptors (Lipinski definition) is 4. The van der Waals surface area contributed by atoms with Crippen molar-refractivity contribution in [1.29, 1.82) is 0 Å². The molecule has 1 saturated carbocycles. The molecule has 19 heavy (non-hydrogen) atoms. The number of hydrogen-bond donors (Lipinski definition) is 1. The lowest BCUT2D eigenvalue weighted by atomic mass is 9.84. The molecule has 0 spiro atoms. The Balaban J connectivity index is 1.75. The summed E-state index contributed by atoms with van der Waals surface area (Å²) in [5, 5.41) is 12.9. The average Bonchev–Trinajstić information content (AvgIpc) is 2.91. The Morgan fingerprint density at radius 1 is 1.53 bits per heavy atom. The largest absolute Gasteiger partial charge is 0.393 e. The Labute approximate surface area is 118 Å². The van der Waals surface area contributed by atoms with Gasteiger partial charge in [-0.25, -0.2) is 4.98 Å². The van der Waals surface area contributed by atoms with Gasteiger partial charge in [-0.05, 0) is 18.8 Å². The molecule has 1 heterocycles. The summed E-state index contributed by atoms with van der Waals surface area (Å²) in [6, 6.07) is 0. The highest BCUT2D eigenvalue weighted by Gasteiger charge is 2.26. The van der Waals surface area contributed by atoms with Crippen molar-refractivity contribution < 1.29 is 9.90 Å². The first-order valence-electron chi connectivity index (χ1n) is 6.97. The molecule has 2 atom stereocenters. The predicted molar refractivity (Wildman–Crippen MR) is 76.0 cm³/mol. The molecule has 106 valence electrons. The van der Waals surface area contributed by atoms with E-state index in [2.05, 4.69) is 4.98 Å². The standard InChI is InChI=1S/C14H22N2O2S/c1-16(8-6-13-15-7-9-19-13)14(18)10-11-4-2-3-5-12(11)17/h7,9,11-12,17H,2-6,8,10H2,1H3/t11-,12+/m0/s1. The molecule has 2 rings (SSSR count). The normalized spacial score (nSPS) is 23.3. The van der Waals surface area contributed by atoms with Crippen LogP contribution < -0.4 is 0 Å². The maximum absolute atomic E-state index is 12.1. The lowest BCUT2D eigenvalue weighted by Crippen LogP contribution is -2.34. The van der Waals surface area contributed by atoms with Crippen LogP contribution >= 0.6 is 11.3 Å². The number of amides is 1. The third-order valence-corrected chi connectivity index (χ3v) is 4.72. The van der Waals surface area contributed by atoms with Gasteiger partial charge in [0, 0.05) is 38.0 Å². The van der Waals surface area contributed by atoms with E-state index in [1.165, 1.54) is 0 Å². The van der Waals surface area contributed by atoms with Crippen molar-refractivity contribution in [3.63, 3.8) is 0 Å². The zero-order valence-corrected chi connectivity index (χ0v) is 12.2. The topological polar surface area (TPSA) is 53.4 Å². The number of aliphatic hydroxyl groups excluding tert-OH is 1. The summed E-state index contributed by atoms with van der Waals surface area (Å²) >= 11 is 1.62. The van der Waals surface area contributed by atoms with Crippen LogP contribution in [0.1, 0.15) is 37.1 Å². The second-order valence-corrected chi connectivity index (χ2v) is 6.29. The molecule has 0 radical (unpaired) electrons. The first-order valence-corrected chi connectivity index (χ1v) is 7.85. The van der Waals surface area contributed by atoms with Gasteiger partial charge in [-0.1, -0.05) is 12.8 Å². The lowest BCUT2D eigenvalue weighted by molar-refractivity contribution is -0.132. The predicted octanol–water partition coefficient (Wildman–Crippen LogP) is 2.09. The van der Waals surface area contributed by atoms with Crippen LogP contribution in [0.2, 0.25) is 0 Å². The fourth-order valence-corrected chi connectivity index (χ4v) is 3.18. The molecule has 0 aromatic carbocycles. The van der Waals surface area contributed by atoms with Crippen LogP contribution in [0.5, 0.6) is 0 Å². The van der Waals surface area contributed by atoms with E-state index >= 15 is 0 Å². The number of carbonyl (C=O) groups is 1. The average molecular weight is 282 g/mol.